The van der Waals surface area contributed by atoms with Crippen molar-refractivity contribution in [2.45, 2.75) is 0 Å². The van der Waals surface area contributed by atoms with Crippen molar-refractivity contribution in [1.29, 1.82) is 0 Å². The van der Waals surface area contributed by atoms with Gasteiger partial charge < -0.3 is 25.8 Å². The summed E-state index contributed by atoms with van der Waals surface area (Å²) in [7, 11) is 1.56. The van der Waals surface area contributed by atoms with Gasteiger partial charge in [-0.1, -0.05) is 30.3 Å². The van der Waals surface area contributed by atoms with Crippen molar-refractivity contribution >= 4 is 41.5 Å². The number of carbonyl (C=O) groups excluding carboxylic acids is 1. The van der Waals surface area contributed by atoms with Gasteiger partial charge in [0.05, 0.1) is 13.7 Å². The Balaban J connectivity index is 0.00000341. The van der Waals surface area contributed by atoms with Crippen LogP contribution in [-0.2, 0) is 0 Å². The van der Waals surface area contributed by atoms with Gasteiger partial charge in [-0.3, -0.25) is 9.79 Å². The van der Waals surface area contributed by atoms with E-state index in [1.165, 1.54) is 0 Å². The van der Waals surface area contributed by atoms with E-state index in [9.17, 15) is 4.79 Å². The molecule has 0 radical (unpaired) electrons. The molecule has 0 unspecified atom stereocenters. The molecular formula is C23H25IN4O3. The van der Waals surface area contributed by atoms with Gasteiger partial charge in [0.2, 0.25) is 0 Å². The maximum Gasteiger partial charge on any atom is 0.251 e. The average molecular weight is 532 g/mol. The maximum atomic E-state index is 12.2. The average Bonchev–Trinajstić information content (AvgIpc) is 2.77. The highest BCUT2D eigenvalue weighted by atomic mass is 127. The summed E-state index contributed by atoms with van der Waals surface area (Å²) in [4.78, 5) is 16.4. The Kier molecular flexibility index (Phi) is 9.63. The fourth-order valence-electron chi connectivity index (χ4n) is 2.66. The number of benzene rings is 3. The van der Waals surface area contributed by atoms with Crippen LogP contribution in [0.1, 0.15) is 10.4 Å². The molecule has 0 aromatic heterocycles. The molecule has 0 spiro atoms. The Hall–Kier alpha value is -3.27. The first-order valence-electron chi connectivity index (χ1n) is 9.46. The fraction of sp³-hybridized carbons (Fsp3) is 0.130. The van der Waals surface area contributed by atoms with E-state index >= 15 is 0 Å². The molecule has 0 aliphatic heterocycles. The van der Waals surface area contributed by atoms with Gasteiger partial charge in [0.15, 0.2) is 5.96 Å². The van der Waals surface area contributed by atoms with Gasteiger partial charge in [0.25, 0.3) is 5.91 Å². The largest absolute Gasteiger partial charge is 0.497 e. The Morgan fingerprint density at radius 3 is 2.42 bits per heavy atom. The lowest BCUT2D eigenvalue weighted by Gasteiger charge is -2.09. The standard InChI is InChI=1S/C23H24N4O3.HI/c1-29-20-11-5-7-17(15-20)22(28)25-13-14-26-23(24)27-18-8-6-12-21(16-18)30-19-9-3-2-4-10-19;/h2-12,15-16H,13-14H2,1H3,(H,25,28)(H3,24,26,27);1H. The number of hydrogen-bond acceptors (Lipinski definition) is 4. The molecular weight excluding hydrogens is 507 g/mol. The Labute approximate surface area is 198 Å². The molecule has 0 fully saturated rings. The zero-order chi connectivity index (χ0) is 21.2. The Morgan fingerprint density at radius 1 is 0.935 bits per heavy atom. The van der Waals surface area contributed by atoms with Gasteiger partial charge in [0.1, 0.15) is 17.2 Å². The minimum absolute atomic E-state index is 0. The van der Waals surface area contributed by atoms with Crippen molar-refractivity contribution < 1.29 is 14.3 Å². The van der Waals surface area contributed by atoms with E-state index in [0.29, 0.717) is 30.2 Å². The molecule has 7 nitrogen and oxygen atoms in total. The first kappa shape index (κ1) is 24.0. The predicted molar refractivity (Wildman–Crippen MR) is 134 cm³/mol. The Morgan fingerprint density at radius 2 is 1.65 bits per heavy atom. The number of ether oxygens (including phenoxy) is 2. The van der Waals surface area contributed by atoms with Crippen LogP contribution >= 0.6 is 24.0 Å². The summed E-state index contributed by atoms with van der Waals surface area (Å²) in [6.07, 6.45) is 0. The van der Waals surface area contributed by atoms with E-state index in [1.54, 1.807) is 31.4 Å². The number of nitrogens with one attached hydrogen (secondary N) is 2. The normalized spacial score (nSPS) is 10.5. The minimum atomic E-state index is -0.193. The number of methoxy groups -OCH3 is 1. The molecule has 0 bridgehead atoms. The summed E-state index contributed by atoms with van der Waals surface area (Å²) in [6.45, 7) is 0.699. The van der Waals surface area contributed by atoms with Crippen LogP contribution in [0, 0.1) is 0 Å². The van der Waals surface area contributed by atoms with E-state index in [-0.39, 0.29) is 35.8 Å². The number of halogens is 1. The van der Waals surface area contributed by atoms with Crippen molar-refractivity contribution in [3.8, 4) is 17.2 Å². The molecule has 0 heterocycles. The zero-order valence-corrected chi connectivity index (χ0v) is 19.4. The molecule has 3 aromatic rings. The number of aliphatic imine (C=N–C) groups is 1. The molecule has 0 saturated heterocycles. The first-order chi connectivity index (χ1) is 14.6. The van der Waals surface area contributed by atoms with Crippen LogP contribution in [0.5, 0.6) is 17.2 Å². The van der Waals surface area contributed by atoms with Gasteiger partial charge in [0, 0.05) is 23.9 Å². The minimum Gasteiger partial charge on any atom is -0.497 e. The zero-order valence-electron chi connectivity index (χ0n) is 17.1. The SMILES string of the molecule is COc1cccc(C(=O)NCCN=C(N)Nc2cccc(Oc3ccccc3)c2)c1.I. The number of anilines is 1. The number of nitrogens with zero attached hydrogens (tertiary/aromatic N) is 1. The van der Waals surface area contributed by atoms with Crippen molar-refractivity contribution in [2.75, 3.05) is 25.5 Å². The second-order valence-electron chi connectivity index (χ2n) is 6.32. The lowest BCUT2D eigenvalue weighted by atomic mass is 10.2. The first-order valence-corrected chi connectivity index (χ1v) is 9.46. The summed E-state index contributed by atoms with van der Waals surface area (Å²) in [6, 6.07) is 23.9. The molecule has 0 aliphatic rings. The smallest absolute Gasteiger partial charge is 0.251 e. The van der Waals surface area contributed by atoms with Gasteiger partial charge >= 0.3 is 0 Å². The summed E-state index contributed by atoms with van der Waals surface area (Å²) in [5.41, 5.74) is 7.23. The molecule has 31 heavy (non-hydrogen) atoms. The Bertz CT molecular complexity index is 1010. The third-order valence-corrected chi connectivity index (χ3v) is 4.10. The number of carbonyl (C=O) groups is 1. The molecule has 1 amide bonds. The summed E-state index contributed by atoms with van der Waals surface area (Å²) in [5, 5.41) is 5.82. The van der Waals surface area contributed by atoms with Gasteiger partial charge in [-0.2, -0.15) is 0 Å². The monoisotopic (exact) mass is 532 g/mol. The van der Waals surface area contributed by atoms with Crippen LogP contribution in [-0.4, -0.2) is 32.1 Å². The second kappa shape index (κ2) is 12.4. The van der Waals surface area contributed by atoms with Crippen LogP contribution in [0.3, 0.4) is 0 Å². The summed E-state index contributed by atoms with van der Waals surface area (Å²) >= 11 is 0. The van der Waals surface area contributed by atoms with E-state index in [0.717, 1.165) is 11.4 Å². The predicted octanol–water partition coefficient (Wildman–Crippen LogP) is 4.26. The third kappa shape index (κ3) is 7.82. The molecule has 3 rings (SSSR count). The topological polar surface area (TPSA) is 98.0 Å². The lowest BCUT2D eigenvalue weighted by molar-refractivity contribution is 0.0954. The molecule has 8 heteroatoms. The third-order valence-electron chi connectivity index (χ3n) is 4.10. The highest BCUT2D eigenvalue weighted by molar-refractivity contribution is 14.0. The van der Waals surface area contributed by atoms with Crippen molar-refractivity contribution in [3.05, 3.63) is 84.4 Å². The number of amides is 1. The molecule has 0 saturated carbocycles. The van der Waals surface area contributed by atoms with Crippen molar-refractivity contribution in [2.24, 2.45) is 10.7 Å². The summed E-state index contributed by atoms with van der Waals surface area (Å²) < 4.78 is 10.9. The van der Waals surface area contributed by atoms with Crippen LogP contribution in [0.4, 0.5) is 5.69 Å². The summed E-state index contributed by atoms with van der Waals surface area (Å²) in [5.74, 6) is 2.13. The molecule has 0 aliphatic carbocycles. The van der Waals surface area contributed by atoms with Crippen LogP contribution in [0.15, 0.2) is 83.9 Å². The van der Waals surface area contributed by atoms with E-state index < -0.39 is 0 Å². The maximum absolute atomic E-state index is 12.2. The quantitative estimate of drug-likeness (QED) is 0.174. The highest BCUT2D eigenvalue weighted by Gasteiger charge is 2.05. The molecule has 4 N–H and O–H groups in total. The van der Waals surface area contributed by atoms with Gasteiger partial charge in [-0.15, -0.1) is 24.0 Å². The van der Waals surface area contributed by atoms with Crippen LogP contribution < -0.4 is 25.8 Å². The molecule has 3 aromatic carbocycles. The molecule has 0 atom stereocenters. The number of hydrogen-bond donors (Lipinski definition) is 3. The van der Waals surface area contributed by atoms with Crippen molar-refractivity contribution in [3.63, 3.8) is 0 Å². The van der Waals surface area contributed by atoms with Gasteiger partial charge in [-0.05, 0) is 42.5 Å². The number of nitrogens with two attached hydrogens (primary N) is 1. The second-order valence-corrected chi connectivity index (χ2v) is 6.32. The van der Waals surface area contributed by atoms with Crippen LogP contribution in [0.25, 0.3) is 0 Å². The number of para-hydroxylation sites is 1. The van der Waals surface area contributed by atoms with Crippen LogP contribution in [0.2, 0.25) is 0 Å². The fourth-order valence-corrected chi connectivity index (χ4v) is 2.66. The number of guanidine groups is 1. The molecule has 162 valence electrons. The highest BCUT2D eigenvalue weighted by Crippen LogP contribution is 2.23. The van der Waals surface area contributed by atoms with Gasteiger partial charge in [-0.25, -0.2) is 0 Å². The van der Waals surface area contributed by atoms with Crippen molar-refractivity contribution in [1.82, 2.24) is 5.32 Å². The van der Waals surface area contributed by atoms with E-state index in [4.69, 9.17) is 15.2 Å². The van der Waals surface area contributed by atoms with E-state index in [1.807, 2.05) is 54.6 Å². The lowest BCUT2D eigenvalue weighted by Crippen LogP contribution is -2.28. The number of rotatable bonds is 8. The van der Waals surface area contributed by atoms with E-state index in [2.05, 4.69) is 15.6 Å².